The molecule has 0 aliphatic rings. The Bertz CT molecular complexity index is 726. The molecule has 0 unspecified atom stereocenters. The van der Waals surface area contributed by atoms with Crippen LogP contribution in [-0.2, 0) is 9.84 Å². The van der Waals surface area contributed by atoms with Crippen molar-refractivity contribution in [3.8, 4) is 11.1 Å². The molecule has 0 saturated carbocycles. The molecule has 1 aromatic heterocycles. The van der Waals surface area contributed by atoms with Crippen LogP contribution in [0, 0.1) is 0 Å². The van der Waals surface area contributed by atoms with Gasteiger partial charge in [0.25, 0.3) is 0 Å². The maximum atomic E-state index is 11.5. The first-order chi connectivity index (χ1) is 9.09. The summed E-state index contributed by atoms with van der Waals surface area (Å²) >= 11 is 7.97. The van der Waals surface area contributed by atoms with Crippen molar-refractivity contribution in [3.63, 3.8) is 0 Å². The molecular weight excluding hydrogens is 328 g/mol. The first-order valence-electron chi connectivity index (χ1n) is 6.19. The van der Waals surface area contributed by atoms with Gasteiger partial charge >= 0.3 is 0 Å². The average molecular weight is 345 g/mol. The smallest absolute Gasteiger partial charge is 0.175 e. The Balaban J connectivity index is 2.45. The molecule has 0 spiro atoms. The fraction of sp³-hybridized carbons (Fsp3) is 0.286. The summed E-state index contributed by atoms with van der Waals surface area (Å²) in [4.78, 5) is 0.332. The summed E-state index contributed by atoms with van der Waals surface area (Å²) < 4.78 is 25.1. The molecule has 0 fully saturated rings. The predicted molar refractivity (Wildman–Crippen MR) is 90.9 cm³/mol. The van der Waals surface area contributed by atoms with Crippen LogP contribution in [0.2, 0.25) is 24.0 Å². The highest BCUT2D eigenvalue weighted by atomic mass is 35.5. The van der Waals surface area contributed by atoms with Crippen LogP contribution in [0.15, 0.2) is 35.2 Å². The van der Waals surface area contributed by atoms with E-state index < -0.39 is 17.9 Å². The van der Waals surface area contributed by atoms with E-state index in [1.54, 1.807) is 23.5 Å². The highest BCUT2D eigenvalue weighted by Crippen LogP contribution is 2.33. The Morgan fingerprint density at radius 2 is 1.65 bits per heavy atom. The van der Waals surface area contributed by atoms with Gasteiger partial charge in [0.15, 0.2) is 9.84 Å². The highest BCUT2D eigenvalue weighted by Gasteiger charge is 2.21. The van der Waals surface area contributed by atoms with E-state index in [0.29, 0.717) is 4.90 Å². The zero-order chi connectivity index (χ0) is 15.1. The molecule has 20 heavy (non-hydrogen) atoms. The number of halogens is 1. The van der Waals surface area contributed by atoms with E-state index in [-0.39, 0.29) is 0 Å². The Morgan fingerprint density at radius 1 is 1.10 bits per heavy atom. The van der Waals surface area contributed by atoms with Gasteiger partial charge in [-0.2, -0.15) is 0 Å². The molecule has 1 aromatic carbocycles. The zero-order valence-corrected chi connectivity index (χ0v) is 15.3. The van der Waals surface area contributed by atoms with Crippen LogP contribution >= 0.6 is 22.9 Å². The molecule has 0 N–H and O–H groups in total. The Kier molecular flexibility index (Phi) is 4.17. The molecular formula is C14H17ClO2S2Si. The van der Waals surface area contributed by atoms with Crippen molar-refractivity contribution < 1.29 is 8.42 Å². The summed E-state index contributed by atoms with van der Waals surface area (Å²) in [6, 6.07) is 9.05. The summed E-state index contributed by atoms with van der Waals surface area (Å²) in [6.45, 7) is 6.85. The molecule has 0 bridgehead atoms. The van der Waals surface area contributed by atoms with Gasteiger partial charge in [0.05, 0.1) is 13.0 Å². The van der Waals surface area contributed by atoms with E-state index in [1.165, 1.54) is 10.8 Å². The summed E-state index contributed by atoms with van der Waals surface area (Å²) in [5.74, 6) is 0. The Labute approximate surface area is 130 Å². The molecule has 0 radical (unpaired) electrons. The lowest BCUT2D eigenvalue weighted by atomic mass is 10.1. The molecule has 0 saturated heterocycles. The van der Waals surface area contributed by atoms with Crippen LogP contribution in [0.5, 0.6) is 0 Å². The van der Waals surface area contributed by atoms with E-state index in [0.717, 1.165) is 15.5 Å². The van der Waals surface area contributed by atoms with E-state index in [4.69, 9.17) is 11.6 Å². The molecule has 6 heteroatoms. The molecule has 2 rings (SSSR count). The van der Waals surface area contributed by atoms with E-state index in [1.807, 2.05) is 12.1 Å². The second-order valence-electron chi connectivity index (χ2n) is 5.84. The highest BCUT2D eigenvalue weighted by molar-refractivity contribution is 7.90. The molecule has 0 amide bonds. The fourth-order valence-corrected chi connectivity index (χ4v) is 5.82. The quantitative estimate of drug-likeness (QED) is 0.788. The van der Waals surface area contributed by atoms with Gasteiger partial charge in [-0.25, -0.2) is 8.42 Å². The summed E-state index contributed by atoms with van der Waals surface area (Å²) in [6.07, 6.45) is 1.21. The minimum absolute atomic E-state index is 0.332. The van der Waals surface area contributed by atoms with Gasteiger partial charge in [-0.05, 0) is 28.3 Å². The van der Waals surface area contributed by atoms with Gasteiger partial charge in [-0.1, -0.05) is 43.4 Å². The number of thiophene rings is 1. The lowest BCUT2D eigenvalue weighted by Crippen LogP contribution is -2.34. The zero-order valence-electron chi connectivity index (χ0n) is 11.9. The molecule has 2 aromatic rings. The first kappa shape index (κ1) is 15.8. The standard InChI is InChI=1S/C14H17ClO2S2Si/c1-19(16,17)11-7-5-10(6-8-11)12-9-13(18-14(12)15)20(2,3)4/h5-9H,1-4H3. The summed E-state index contributed by atoms with van der Waals surface area (Å²) in [5, 5.41) is 0. The maximum absolute atomic E-state index is 11.5. The van der Waals surface area contributed by atoms with Crippen molar-refractivity contribution in [2.75, 3.05) is 6.26 Å². The molecule has 1 heterocycles. The fourth-order valence-electron chi connectivity index (χ4n) is 1.82. The van der Waals surface area contributed by atoms with Crippen LogP contribution in [0.1, 0.15) is 0 Å². The topological polar surface area (TPSA) is 34.1 Å². The maximum Gasteiger partial charge on any atom is 0.175 e. The SMILES string of the molecule is C[Si](C)(C)c1cc(-c2ccc(S(C)(=O)=O)cc2)c(Cl)s1. The van der Waals surface area contributed by atoms with Gasteiger partial charge < -0.3 is 0 Å². The summed E-state index contributed by atoms with van der Waals surface area (Å²) in [7, 11) is -4.53. The van der Waals surface area contributed by atoms with E-state index >= 15 is 0 Å². The third-order valence-electron chi connectivity index (χ3n) is 3.02. The van der Waals surface area contributed by atoms with Crippen molar-refractivity contribution >= 4 is 45.3 Å². The van der Waals surface area contributed by atoms with Crippen LogP contribution in [0.4, 0.5) is 0 Å². The second-order valence-corrected chi connectivity index (χ2v) is 14.9. The normalized spacial score (nSPS) is 12.7. The Morgan fingerprint density at radius 3 is 2.05 bits per heavy atom. The number of hydrogen-bond acceptors (Lipinski definition) is 3. The number of benzene rings is 1. The lowest BCUT2D eigenvalue weighted by molar-refractivity contribution is 0.602. The third-order valence-corrected chi connectivity index (χ3v) is 9.09. The molecule has 108 valence electrons. The number of rotatable bonds is 3. The average Bonchev–Trinajstić information content (AvgIpc) is 2.70. The van der Waals surface area contributed by atoms with Crippen molar-refractivity contribution in [2.45, 2.75) is 24.5 Å². The van der Waals surface area contributed by atoms with Gasteiger partial charge in [-0.3, -0.25) is 0 Å². The molecule has 2 nitrogen and oxygen atoms in total. The Hall–Kier alpha value is -0.623. The van der Waals surface area contributed by atoms with Crippen LogP contribution in [0.25, 0.3) is 11.1 Å². The molecule has 0 aliphatic heterocycles. The van der Waals surface area contributed by atoms with Gasteiger partial charge in [0.2, 0.25) is 0 Å². The van der Waals surface area contributed by atoms with Gasteiger partial charge in [0.1, 0.15) is 4.34 Å². The number of hydrogen-bond donors (Lipinski definition) is 0. The van der Waals surface area contributed by atoms with Crippen LogP contribution < -0.4 is 4.50 Å². The van der Waals surface area contributed by atoms with Crippen molar-refractivity contribution in [3.05, 3.63) is 34.7 Å². The number of sulfone groups is 1. The van der Waals surface area contributed by atoms with E-state index in [2.05, 4.69) is 25.7 Å². The minimum atomic E-state index is -3.15. The van der Waals surface area contributed by atoms with Crippen molar-refractivity contribution in [2.24, 2.45) is 0 Å². The van der Waals surface area contributed by atoms with Gasteiger partial charge in [-0.15, -0.1) is 11.3 Å². The van der Waals surface area contributed by atoms with Crippen LogP contribution in [0.3, 0.4) is 0 Å². The predicted octanol–water partition coefficient (Wildman–Crippen LogP) is 4.02. The van der Waals surface area contributed by atoms with Crippen molar-refractivity contribution in [1.82, 2.24) is 0 Å². The van der Waals surface area contributed by atoms with Crippen LogP contribution in [-0.4, -0.2) is 22.7 Å². The molecule has 0 atom stereocenters. The van der Waals surface area contributed by atoms with Gasteiger partial charge in [0, 0.05) is 11.8 Å². The minimum Gasteiger partial charge on any atom is -0.224 e. The first-order valence-corrected chi connectivity index (χ1v) is 12.8. The largest absolute Gasteiger partial charge is 0.224 e. The summed E-state index contributed by atoms with van der Waals surface area (Å²) in [5.41, 5.74) is 1.96. The van der Waals surface area contributed by atoms with Crippen molar-refractivity contribution in [1.29, 1.82) is 0 Å². The third kappa shape index (κ3) is 3.34. The lowest BCUT2D eigenvalue weighted by Gasteiger charge is -2.12. The van der Waals surface area contributed by atoms with E-state index in [9.17, 15) is 8.42 Å². The monoisotopic (exact) mass is 344 g/mol. The second kappa shape index (κ2) is 5.29. The molecule has 0 aliphatic carbocycles.